The summed E-state index contributed by atoms with van der Waals surface area (Å²) < 4.78 is 0. The summed E-state index contributed by atoms with van der Waals surface area (Å²) in [5.74, 6) is -0.0649. The third-order valence-electron chi connectivity index (χ3n) is 4.83. The number of rotatable bonds is 4. The van der Waals surface area contributed by atoms with E-state index in [2.05, 4.69) is 57.3 Å². The van der Waals surface area contributed by atoms with Crippen LogP contribution in [0.2, 0.25) is 0 Å². The van der Waals surface area contributed by atoms with Gasteiger partial charge in [0.1, 0.15) is 0 Å². The minimum absolute atomic E-state index is 0.0649. The summed E-state index contributed by atoms with van der Waals surface area (Å²) in [4.78, 5) is 12.9. The Bertz CT molecular complexity index is 888. The molecule has 1 N–H and O–H groups in total. The van der Waals surface area contributed by atoms with Gasteiger partial charge in [-0.1, -0.05) is 93.1 Å². The molecule has 0 unspecified atom stereocenters. The number of nitrogens with one attached hydrogen (secondary N) is 1. The molecule has 0 aliphatic heterocycles. The van der Waals surface area contributed by atoms with Gasteiger partial charge in [-0.2, -0.15) is 0 Å². The number of carbonyl (C=O) groups excluding carboxylic acids is 1. The number of hydrogen-bond donors (Lipinski definition) is 1. The Kier molecular flexibility index (Phi) is 5.46. The van der Waals surface area contributed by atoms with Crippen LogP contribution in [0.1, 0.15) is 59.4 Å². The van der Waals surface area contributed by atoms with Crippen molar-refractivity contribution in [1.82, 2.24) is 5.32 Å². The van der Waals surface area contributed by atoms with Crippen LogP contribution < -0.4 is 5.32 Å². The smallest absolute Gasteiger partial charge is 0.252 e. The fraction of sp³-hybridized carbons (Fsp3) is 0.240. The van der Waals surface area contributed by atoms with Crippen molar-refractivity contribution in [2.24, 2.45) is 0 Å². The van der Waals surface area contributed by atoms with Crippen molar-refractivity contribution in [3.05, 3.63) is 107 Å². The minimum atomic E-state index is -0.179. The molecule has 2 nitrogen and oxygen atoms in total. The molecule has 3 rings (SSSR count). The molecule has 1 atom stereocenters. The molecule has 0 bridgehead atoms. The number of carbonyl (C=O) groups is 1. The molecule has 0 fully saturated rings. The summed E-state index contributed by atoms with van der Waals surface area (Å²) >= 11 is 0. The van der Waals surface area contributed by atoms with Crippen molar-refractivity contribution < 1.29 is 4.79 Å². The molecular formula is C25H27NO. The zero-order valence-corrected chi connectivity index (χ0v) is 16.5. The maximum absolute atomic E-state index is 12.9. The van der Waals surface area contributed by atoms with E-state index in [1.54, 1.807) is 0 Å². The van der Waals surface area contributed by atoms with E-state index in [1.165, 1.54) is 11.1 Å². The second-order valence-corrected chi connectivity index (χ2v) is 8.06. The topological polar surface area (TPSA) is 29.1 Å². The van der Waals surface area contributed by atoms with Gasteiger partial charge in [0.15, 0.2) is 0 Å². The number of hydrogen-bond acceptors (Lipinski definition) is 1. The van der Waals surface area contributed by atoms with Gasteiger partial charge in [-0.3, -0.25) is 4.79 Å². The molecule has 27 heavy (non-hydrogen) atoms. The molecule has 3 aromatic carbocycles. The monoisotopic (exact) mass is 357 g/mol. The van der Waals surface area contributed by atoms with Crippen LogP contribution >= 0.6 is 0 Å². The molecule has 0 saturated carbocycles. The van der Waals surface area contributed by atoms with E-state index >= 15 is 0 Å². The maximum Gasteiger partial charge on any atom is 0.252 e. The fourth-order valence-corrected chi connectivity index (χ4v) is 3.10. The van der Waals surface area contributed by atoms with Crippen molar-refractivity contribution in [3.8, 4) is 0 Å². The van der Waals surface area contributed by atoms with Crippen molar-refractivity contribution in [2.45, 2.75) is 39.2 Å². The minimum Gasteiger partial charge on any atom is -0.341 e. The summed E-state index contributed by atoms with van der Waals surface area (Å²) in [6.07, 6.45) is 0. The van der Waals surface area contributed by atoms with Crippen molar-refractivity contribution in [1.29, 1.82) is 0 Å². The molecule has 0 aromatic heterocycles. The van der Waals surface area contributed by atoms with Gasteiger partial charge >= 0.3 is 0 Å². The first kappa shape index (κ1) is 18.9. The van der Waals surface area contributed by atoms with E-state index in [-0.39, 0.29) is 17.4 Å². The summed E-state index contributed by atoms with van der Waals surface area (Å²) in [6.45, 7) is 8.58. The van der Waals surface area contributed by atoms with E-state index in [0.29, 0.717) is 5.56 Å². The molecule has 0 aliphatic rings. The van der Waals surface area contributed by atoms with Crippen molar-refractivity contribution in [3.63, 3.8) is 0 Å². The lowest BCUT2D eigenvalue weighted by atomic mass is 9.86. The van der Waals surface area contributed by atoms with Crippen LogP contribution in [0.15, 0.2) is 78.9 Å². The van der Waals surface area contributed by atoms with E-state index in [4.69, 9.17) is 0 Å². The first-order chi connectivity index (χ1) is 12.8. The van der Waals surface area contributed by atoms with Crippen molar-refractivity contribution in [2.75, 3.05) is 0 Å². The Morgan fingerprint density at radius 1 is 0.778 bits per heavy atom. The standard InChI is InChI=1S/C25H27NO/c1-18-10-12-20(13-11-18)23(19-8-6-5-7-9-19)26-24(27)21-14-16-22(17-15-21)25(2,3)4/h5-17,23H,1-4H3,(H,26,27)/t23-/m0/s1. The third kappa shape index (κ3) is 4.65. The van der Waals surface area contributed by atoms with Crippen LogP contribution in [0.3, 0.4) is 0 Å². The van der Waals surface area contributed by atoms with Gasteiger partial charge in [0.05, 0.1) is 6.04 Å². The summed E-state index contributed by atoms with van der Waals surface area (Å²) in [5.41, 5.74) is 5.32. The van der Waals surface area contributed by atoms with Crippen LogP contribution in [0, 0.1) is 6.92 Å². The first-order valence-corrected chi connectivity index (χ1v) is 9.37. The second kappa shape index (κ2) is 7.79. The number of amides is 1. The highest BCUT2D eigenvalue weighted by Crippen LogP contribution is 2.25. The summed E-state index contributed by atoms with van der Waals surface area (Å²) in [5, 5.41) is 3.20. The fourth-order valence-electron chi connectivity index (χ4n) is 3.10. The Hall–Kier alpha value is -2.87. The molecule has 0 heterocycles. The van der Waals surface area contributed by atoms with Gasteiger partial charge in [-0.15, -0.1) is 0 Å². The Morgan fingerprint density at radius 3 is 1.89 bits per heavy atom. The largest absolute Gasteiger partial charge is 0.341 e. The Balaban J connectivity index is 1.88. The van der Waals surface area contributed by atoms with Gasteiger partial charge in [0, 0.05) is 5.56 Å². The predicted molar refractivity (Wildman–Crippen MR) is 112 cm³/mol. The molecule has 138 valence electrons. The average Bonchev–Trinajstić information content (AvgIpc) is 2.67. The highest BCUT2D eigenvalue weighted by Gasteiger charge is 2.19. The highest BCUT2D eigenvalue weighted by molar-refractivity contribution is 5.94. The molecule has 0 aliphatic carbocycles. The van der Waals surface area contributed by atoms with Crippen LogP contribution in [0.5, 0.6) is 0 Å². The molecule has 3 aromatic rings. The van der Waals surface area contributed by atoms with E-state index in [0.717, 1.165) is 11.1 Å². The number of aryl methyl sites for hydroxylation is 1. The first-order valence-electron chi connectivity index (χ1n) is 9.37. The Morgan fingerprint density at radius 2 is 1.33 bits per heavy atom. The normalized spacial score (nSPS) is 12.4. The molecule has 0 radical (unpaired) electrons. The second-order valence-electron chi connectivity index (χ2n) is 8.06. The van der Waals surface area contributed by atoms with Crippen LogP contribution in [-0.4, -0.2) is 5.91 Å². The van der Waals surface area contributed by atoms with E-state index in [1.807, 2.05) is 54.6 Å². The van der Waals surface area contributed by atoms with Gasteiger partial charge < -0.3 is 5.32 Å². The van der Waals surface area contributed by atoms with Gasteiger partial charge in [-0.25, -0.2) is 0 Å². The molecule has 0 saturated heterocycles. The predicted octanol–water partition coefficient (Wildman–Crippen LogP) is 5.81. The van der Waals surface area contributed by atoms with E-state index < -0.39 is 0 Å². The lowest BCUT2D eigenvalue weighted by Gasteiger charge is -2.21. The quantitative estimate of drug-likeness (QED) is 0.627. The highest BCUT2D eigenvalue weighted by atomic mass is 16.1. The average molecular weight is 357 g/mol. The maximum atomic E-state index is 12.9. The van der Waals surface area contributed by atoms with Gasteiger partial charge in [-0.05, 0) is 41.2 Å². The molecular weight excluding hydrogens is 330 g/mol. The molecule has 2 heteroatoms. The zero-order chi connectivity index (χ0) is 19.4. The third-order valence-corrected chi connectivity index (χ3v) is 4.83. The SMILES string of the molecule is Cc1ccc([C@@H](NC(=O)c2ccc(C(C)(C)C)cc2)c2ccccc2)cc1. The van der Waals surface area contributed by atoms with E-state index in [9.17, 15) is 4.79 Å². The van der Waals surface area contributed by atoms with Gasteiger partial charge in [0.25, 0.3) is 5.91 Å². The molecule has 1 amide bonds. The zero-order valence-electron chi connectivity index (χ0n) is 16.5. The Labute approximate surface area is 162 Å². The van der Waals surface area contributed by atoms with Crippen LogP contribution in [-0.2, 0) is 5.41 Å². The lowest BCUT2D eigenvalue weighted by molar-refractivity contribution is 0.0943. The summed E-state index contributed by atoms with van der Waals surface area (Å²) in [7, 11) is 0. The molecule has 0 spiro atoms. The lowest BCUT2D eigenvalue weighted by Crippen LogP contribution is -2.29. The van der Waals surface area contributed by atoms with Crippen LogP contribution in [0.25, 0.3) is 0 Å². The van der Waals surface area contributed by atoms with Crippen LogP contribution in [0.4, 0.5) is 0 Å². The van der Waals surface area contributed by atoms with Crippen molar-refractivity contribution >= 4 is 5.91 Å². The van der Waals surface area contributed by atoms with Gasteiger partial charge in [0.2, 0.25) is 0 Å². The summed E-state index contributed by atoms with van der Waals surface area (Å²) in [6, 6.07) is 26.1. The number of benzene rings is 3.